The van der Waals surface area contributed by atoms with Gasteiger partial charge in [-0.15, -0.1) is 0 Å². The molecule has 0 aromatic carbocycles. The van der Waals surface area contributed by atoms with Crippen molar-refractivity contribution < 1.29 is 14.3 Å². The molecule has 4 aromatic heterocycles. The molecule has 4 heterocycles. The highest BCUT2D eigenvalue weighted by atomic mass is 19.1. The van der Waals surface area contributed by atoms with Crippen LogP contribution in [-0.4, -0.2) is 64.7 Å². The zero-order chi connectivity index (χ0) is 27.4. The number of carbonyl (C=O) groups excluding carboxylic acids is 1. The van der Waals surface area contributed by atoms with E-state index in [9.17, 15) is 15.2 Å². The molecule has 1 saturated carbocycles. The van der Waals surface area contributed by atoms with Crippen molar-refractivity contribution in [2.75, 3.05) is 6.54 Å². The summed E-state index contributed by atoms with van der Waals surface area (Å²) in [4.78, 5) is 21.0. The van der Waals surface area contributed by atoms with Gasteiger partial charge in [-0.3, -0.25) is 9.78 Å². The van der Waals surface area contributed by atoms with Crippen LogP contribution in [0.3, 0.4) is 0 Å². The van der Waals surface area contributed by atoms with Crippen molar-refractivity contribution in [2.24, 2.45) is 0 Å². The minimum absolute atomic E-state index is 0.0125. The third-order valence-corrected chi connectivity index (χ3v) is 7.33. The van der Waals surface area contributed by atoms with E-state index in [1.807, 2.05) is 10.8 Å². The van der Waals surface area contributed by atoms with Crippen LogP contribution in [-0.2, 0) is 0 Å². The predicted molar refractivity (Wildman–Crippen MR) is 139 cm³/mol. The van der Waals surface area contributed by atoms with E-state index in [1.165, 1.54) is 30.2 Å². The van der Waals surface area contributed by atoms with E-state index in [1.54, 1.807) is 42.9 Å². The Hall–Kier alpha value is -4.21. The average Bonchev–Trinajstić information content (AvgIpc) is 3.65. The molecule has 1 amide bonds. The fraction of sp³-hybridized carbons (Fsp3) is 0.407. The number of amides is 1. The standard InChI is InChI=1S/C27H30FN9O2/c1-27(39,15-32-20-4-6-21(7-5-20)36-17-31-16-34-36)25(28)24(35-26(38)19-3-2-10-30-14-19)23-9-8-22-11-18(12-29)13-33-37(22)23/h2-3,8-11,13-14,16-17,20-21,24-25,32,39H,4-7,15H2,1H3,(H,35,38)/t20?,21?,24-,25-,27-/m1/s1. The number of fused-ring (bicyclic) bond motifs is 1. The Kier molecular flexibility index (Phi) is 7.63. The van der Waals surface area contributed by atoms with Gasteiger partial charge in [-0.2, -0.15) is 15.5 Å². The van der Waals surface area contributed by atoms with Gasteiger partial charge in [-0.1, -0.05) is 0 Å². The number of halogens is 1. The third-order valence-electron chi connectivity index (χ3n) is 7.33. The molecule has 202 valence electrons. The van der Waals surface area contributed by atoms with E-state index in [2.05, 4.69) is 30.8 Å². The molecular weight excluding hydrogens is 501 g/mol. The molecule has 12 heteroatoms. The first-order valence-electron chi connectivity index (χ1n) is 12.9. The summed E-state index contributed by atoms with van der Waals surface area (Å²) in [6.07, 6.45) is 9.17. The Labute approximate surface area is 224 Å². The van der Waals surface area contributed by atoms with E-state index in [4.69, 9.17) is 0 Å². The Morgan fingerprint density at radius 2 is 2.05 bits per heavy atom. The average molecular weight is 532 g/mol. The van der Waals surface area contributed by atoms with E-state index in [0.29, 0.717) is 16.8 Å². The zero-order valence-corrected chi connectivity index (χ0v) is 21.5. The lowest BCUT2D eigenvalue weighted by Gasteiger charge is -2.36. The van der Waals surface area contributed by atoms with Crippen LogP contribution in [0.4, 0.5) is 4.39 Å². The van der Waals surface area contributed by atoms with Crippen LogP contribution in [0.25, 0.3) is 5.52 Å². The Balaban J connectivity index is 1.33. The summed E-state index contributed by atoms with van der Waals surface area (Å²) in [6, 6.07) is 9.35. The summed E-state index contributed by atoms with van der Waals surface area (Å²) >= 11 is 0. The molecule has 1 fully saturated rings. The molecule has 0 bridgehead atoms. The number of aliphatic hydroxyl groups is 1. The molecule has 1 aliphatic rings. The molecule has 11 nitrogen and oxygen atoms in total. The monoisotopic (exact) mass is 531 g/mol. The first-order valence-corrected chi connectivity index (χ1v) is 12.9. The summed E-state index contributed by atoms with van der Waals surface area (Å²) < 4.78 is 19.7. The molecule has 0 spiro atoms. The van der Waals surface area contributed by atoms with Gasteiger partial charge in [0, 0.05) is 25.0 Å². The van der Waals surface area contributed by atoms with Gasteiger partial charge in [0.1, 0.15) is 30.4 Å². The number of carbonyl (C=O) groups is 1. The molecule has 0 aliphatic heterocycles. The summed E-state index contributed by atoms with van der Waals surface area (Å²) in [7, 11) is 0. The molecule has 4 aromatic rings. The summed E-state index contributed by atoms with van der Waals surface area (Å²) in [5, 5.41) is 35.1. The van der Waals surface area contributed by atoms with Crippen molar-refractivity contribution in [3.05, 3.63) is 78.4 Å². The number of hydrogen-bond donors (Lipinski definition) is 3. The largest absolute Gasteiger partial charge is 0.386 e. The number of pyridine rings is 1. The van der Waals surface area contributed by atoms with Crippen molar-refractivity contribution >= 4 is 11.4 Å². The van der Waals surface area contributed by atoms with Gasteiger partial charge < -0.3 is 15.7 Å². The lowest BCUT2D eigenvalue weighted by atomic mass is 9.89. The zero-order valence-electron chi connectivity index (χ0n) is 21.5. The Morgan fingerprint density at radius 3 is 2.74 bits per heavy atom. The second-order valence-corrected chi connectivity index (χ2v) is 10.2. The quantitative estimate of drug-likeness (QED) is 0.299. The summed E-state index contributed by atoms with van der Waals surface area (Å²) in [5.41, 5.74) is -0.301. The number of hydrogen-bond acceptors (Lipinski definition) is 8. The molecular formula is C27H30FN9O2. The van der Waals surface area contributed by atoms with Crippen molar-refractivity contribution in [1.82, 2.24) is 40.0 Å². The van der Waals surface area contributed by atoms with Crippen LogP contribution in [0.1, 0.15) is 66.3 Å². The van der Waals surface area contributed by atoms with Crippen molar-refractivity contribution in [2.45, 2.75) is 62.5 Å². The second-order valence-electron chi connectivity index (χ2n) is 10.2. The highest BCUT2D eigenvalue weighted by molar-refractivity contribution is 5.94. The molecule has 0 unspecified atom stereocenters. The van der Waals surface area contributed by atoms with Gasteiger partial charge in [0.25, 0.3) is 5.91 Å². The lowest BCUT2D eigenvalue weighted by Crippen LogP contribution is -2.53. The van der Waals surface area contributed by atoms with E-state index < -0.39 is 23.7 Å². The number of alkyl halides is 1. The number of rotatable bonds is 9. The highest BCUT2D eigenvalue weighted by Gasteiger charge is 2.41. The first kappa shape index (κ1) is 26.4. The first-order chi connectivity index (χ1) is 18.9. The number of nitrogens with one attached hydrogen (secondary N) is 2. The smallest absolute Gasteiger partial charge is 0.253 e. The van der Waals surface area contributed by atoms with Gasteiger partial charge >= 0.3 is 0 Å². The normalized spacial score (nSPS) is 20.6. The van der Waals surface area contributed by atoms with E-state index in [-0.39, 0.29) is 24.2 Å². The maximum Gasteiger partial charge on any atom is 0.253 e. The van der Waals surface area contributed by atoms with Gasteiger partial charge in [-0.25, -0.2) is 18.6 Å². The van der Waals surface area contributed by atoms with E-state index in [0.717, 1.165) is 25.7 Å². The molecule has 3 N–H and O–H groups in total. The fourth-order valence-corrected chi connectivity index (χ4v) is 5.09. The molecule has 1 aliphatic carbocycles. The third kappa shape index (κ3) is 5.79. The maximum atomic E-state index is 16.3. The molecule has 0 saturated heterocycles. The minimum atomic E-state index is -1.90. The van der Waals surface area contributed by atoms with Gasteiger partial charge in [0.05, 0.1) is 34.6 Å². The minimum Gasteiger partial charge on any atom is -0.386 e. The number of aromatic nitrogens is 6. The van der Waals surface area contributed by atoms with Crippen molar-refractivity contribution in [3.8, 4) is 6.07 Å². The summed E-state index contributed by atoms with van der Waals surface area (Å²) in [5.74, 6) is -0.533. The van der Waals surface area contributed by atoms with E-state index >= 15 is 4.39 Å². The topological polar surface area (TPSA) is 146 Å². The van der Waals surface area contributed by atoms with Crippen LogP contribution in [0.15, 0.2) is 61.6 Å². The maximum absolute atomic E-state index is 16.3. The Morgan fingerprint density at radius 1 is 1.23 bits per heavy atom. The second kappa shape index (κ2) is 11.3. The van der Waals surface area contributed by atoms with Crippen molar-refractivity contribution in [1.29, 1.82) is 5.26 Å². The SMILES string of the molecule is C[C@@](O)(CNC1CCC(n2cncn2)CC1)[C@H](F)[C@H](NC(=O)c1cccnc1)c1ccc2cc(C#N)cnn12. The molecule has 39 heavy (non-hydrogen) atoms. The van der Waals surface area contributed by atoms with Crippen LogP contribution >= 0.6 is 0 Å². The van der Waals surface area contributed by atoms with Gasteiger partial charge in [-0.05, 0) is 62.9 Å². The molecule has 3 atom stereocenters. The van der Waals surface area contributed by atoms with Crippen molar-refractivity contribution in [3.63, 3.8) is 0 Å². The summed E-state index contributed by atoms with van der Waals surface area (Å²) in [6.45, 7) is 1.41. The molecule has 0 radical (unpaired) electrons. The number of nitrogens with zero attached hydrogens (tertiary/aromatic N) is 7. The van der Waals surface area contributed by atoms with Crippen LogP contribution in [0.5, 0.6) is 0 Å². The van der Waals surface area contributed by atoms with Crippen LogP contribution < -0.4 is 10.6 Å². The fourth-order valence-electron chi connectivity index (χ4n) is 5.09. The van der Waals surface area contributed by atoms with Crippen LogP contribution in [0.2, 0.25) is 0 Å². The Bertz CT molecular complexity index is 1440. The lowest BCUT2D eigenvalue weighted by molar-refractivity contribution is -0.0369. The van der Waals surface area contributed by atoms with Crippen LogP contribution in [0, 0.1) is 11.3 Å². The molecule has 5 rings (SSSR count). The predicted octanol–water partition coefficient (Wildman–Crippen LogP) is 2.53. The van der Waals surface area contributed by atoms with Gasteiger partial charge in [0.15, 0.2) is 6.17 Å². The number of nitriles is 1. The highest BCUT2D eigenvalue weighted by Crippen LogP contribution is 2.31. The van der Waals surface area contributed by atoms with Gasteiger partial charge in [0.2, 0.25) is 0 Å².